The highest BCUT2D eigenvalue weighted by atomic mass is 32.2. The van der Waals surface area contributed by atoms with Crippen LogP contribution in [0.4, 0.5) is 0 Å². The fourth-order valence-corrected chi connectivity index (χ4v) is 4.17. The van der Waals surface area contributed by atoms with Gasteiger partial charge >= 0.3 is 0 Å². The maximum atomic E-state index is 9.66. The van der Waals surface area contributed by atoms with Crippen LogP contribution in [0.1, 0.15) is 22.5 Å². The minimum Gasteiger partial charge on any atom is -0.333 e. The topological polar surface area (TPSA) is 57.4 Å². The summed E-state index contributed by atoms with van der Waals surface area (Å²) in [4.78, 5) is 8.42. The molecule has 2 aromatic carbocycles. The smallest absolute Gasteiger partial charge is 0.171 e. The van der Waals surface area contributed by atoms with Crippen LogP contribution in [0.2, 0.25) is 0 Å². The van der Waals surface area contributed by atoms with Gasteiger partial charge < -0.3 is 9.55 Å². The summed E-state index contributed by atoms with van der Waals surface area (Å²) in [5, 5.41) is 10.4. The molecule has 4 aromatic rings. The van der Waals surface area contributed by atoms with E-state index in [0.29, 0.717) is 4.91 Å². The zero-order chi connectivity index (χ0) is 19.7. The Morgan fingerprint density at radius 2 is 1.86 bits per heavy atom. The lowest BCUT2D eigenvalue weighted by molar-refractivity contribution is 0.954. The lowest BCUT2D eigenvalue weighted by Crippen LogP contribution is -2.01. The van der Waals surface area contributed by atoms with Crippen LogP contribution in [0.25, 0.3) is 22.8 Å². The van der Waals surface area contributed by atoms with E-state index >= 15 is 0 Å². The van der Waals surface area contributed by atoms with Crippen molar-refractivity contribution >= 4 is 28.9 Å². The molecule has 2 heterocycles. The van der Waals surface area contributed by atoms with Gasteiger partial charge in [0.25, 0.3) is 0 Å². The highest BCUT2D eigenvalue weighted by molar-refractivity contribution is 8.03. The second-order valence-electron chi connectivity index (χ2n) is 6.73. The van der Waals surface area contributed by atoms with Crippen LogP contribution in [-0.2, 0) is 0 Å². The van der Waals surface area contributed by atoms with E-state index in [9.17, 15) is 5.26 Å². The van der Waals surface area contributed by atoms with Crippen LogP contribution in [-0.4, -0.2) is 14.5 Å². The summed E-state index contributed by atoms with van der Waals surface area (Å²) in [6.45, 7) is 6.29. The number of rotatable bonds is 4. The van der Waals surface area contributed by atoms with Crippen molar-refractivity contribution in [1.29, 1.82) is 5.26 Å². The fraction of sp³-hybridized carbons (Fsp3) is 0.130. The quantitative estimate of drug-likeness (QED) is 0.350. The number of aryl methyl sites for hydroxylation is 2. The predicted octanol–water partition coefficient (Wildman–Crippen LogP) is 5.94. The van der Waals surface area contributed by atoms with Gasteiger partial charge in [0, 0.05) is 17.1 Å². The van der Waals surface area contributed by atoms with Crippen LogP contribution in [0, 0.1) is 32.1 Å². The number of thioether (sulfide) groups is 1. The number of nitrogens with zero attached hydrogens (tertiary/aromatic N) is 3. The molecule has 2 aromatic heterocycles. The molecule has 0 amide bonds. The van der Waals surface area contributed by atoms with E-state index in [0.717, 1.165) is 33.1 Å². The average Bonchev–Trinajstić information content (AvgIpc) is 3.22. The third-order valence-corrected chi connectivity index (χ3v) is 5.61. The van der Waals surface area contributed by atoms with Crippen molar-refractivity contribution in [1.82, 2.24) is 14.5 Å². The maximum Gasteiger partial charge on any atom is 0.171 e. The van der Waals surface area contributed by atoms with E-state index in [1.165, 1.54) is 23.0 Å². The van der Waals surface area contributed by atoms with Gasteiger partial charge in [0.05, 0.1) is 15.9 Å². The molecule has 0 aliphatic carbocycles. The Balaban J connectivity index is 1.70. The molecular formula is C23H20N4S. The summed E-state index contributed by atoms with van der Waals surface area (Å²) in [7, 11) is 0. The first-order valence-corrected chi connectivity index (χ1v) is 9.88. The molecule has 4 rings (SSSR count). The first-order chi connectivity index (χ1) is 13.6. The minimum absolute atomic E-state index is 0.601. The Morgan fingerprint density at radius 3 is 2.61 bits per heavy atom. The molecular weight excluding hydrogens is 364 g/mol. The number of hydrogen-bond donors (Lipinski definition) is 1. The van der Waals surface area contributed by atoms with Gasteiger partial charge in [-0.1, -0.05) is 30.3 Å². The van der Waals surface area contributed by atoms with Crippen LogP contribution in [0.15, 0.2) is 64.7 Å². The van der Waals surface area contributed by atoms with Crippen LogP contribution in [0.5, 0.6) is 0 Å². The molecule has 28 heavy (non-hydrogen) atoms. The number of imidazole rings is 1. The number of hydrogen-bond acceptors (Lipinski definition) is 3. The van der Waals surface area contributed by atoms with Gasteiger partial charge in [0.15, 0.2) is 5.16 Å². The van der Waals surface area contributed by atoms with Gasteiger partial charge in [0.2, 0.25) is 0 Å². The first-order valence-electron chi connectivity index (χ1n) is 9.06. The number of allylic oxidation sites excluding steroid dienone is 1. The Kier molecular flexibility index (Phi) is 4.81. The molecule has 5 heteroatoms. The molecule has 1 N–H and O–H groups in total. The molecule has 0 saturated heterocycles. The summed E-state index contributed by atoms with van der Waals surface area (Å²) < 4.78 is 2.24. The molecule has 138 valence electrons. The lowest BCUT2D eigenvalue weighted by atomic mass is 10.2. The lowest BCUT2D eigenvalue weighted by Gasteiger charge is -2.12. The molecule has 0 aliphatic rings. The molecule has 0 spiro atoms. The van der Waals surface area contributed by atoms with Gasteiger partial charge in [0.1, 0.15) is 6.07 Å². The molecule has 0 saturated carbocycles. The zero-order valence-corrected chi connectivity index (χ0v) is 16.8. The van der Waals surface area contributed by atoms with Crippen molar-refractivity contribution in [3.8, 4) is 11.8 Å². The molecule has 0 aliphatic heterocycles. The van der Waals surface area contributed by atoms with E-state index in [-0.39, 0.29) is 0 Å². The van der Waals surface area contributed by atoms with Crippen LogP contribution in [0.3, 0.4) is 0 Å². The summed E-state index contributed by atoms with van der Waals surface area (Å²) >= 11 is 1.36. The summed E-state index contributed by atoms with van der Waals surface area (Å²) in [5.41, 5.74) is 7.56. The summed E-state index contributed by atoms with van der Waals surface area (Å²) in [6, 6.07) is 20.6. The SMILES string of the molecule is Cc1ccccc1-n1c(C)cc(/C=C(\C#N)Sc2nc3ccccc3[nH]2)c1C. The third kappa shape index (κ3) is 3.35. The minimum atomic E-state index is 0.601. The number of aromatic amines is 1. The molecule has 0 radical (unpaired) electrons. The van der Waals surface area contributed by atoms with Crippen LogP contribution < -0.4 is 0 Å². The Bertz CT molecular complexity index is 1200. The van der Waals surface area contributed by atoms with Crippen molar-refractivity contribution < 1.29 is 0 Å². The van der Waals surface area contributed by atoms with E-state index in [1.807, 2.05) is 36.4 Å². The zero-order valence-electron chi connectivity index (χ0n) is 16.0. The molecule has 0 atom stereocenters. The number of fused-ring (bicyclic) bond motifs is 1. The Hall–Kier alpha value is -3.23. The number of aromatic nitrogens is 3. The first kappa shape index (κ1) is 18.1. The number of benzene rings is 2. The van der Waals surface area contributed by atoms with Crippen molar-refractivity contribution in [3.63, 3.8) is 0 Å². The maximum absolute atomic E-state index is 9.66. The molecule has 0 unspecified atom stereocenters. The van der Waals surface area contributed by atoms with Gasteiger partial charge in [-0.05, 0) is 74.0 Å². The molecule has 0 bridgehead atoms. The fourth-order valence-electron chi connectivity index (χ4n) is 3.43. The van der Waals surface area contributed by atoms with E-state index in [2.05, 4.69) is 65.6 Å². The standard InChI is InChI=1S/C23H20N4S/c1-15-8-4-7-11-22(15)27-16(2)12-18(17(27)3)13-19(14-24)28-23-25-20-9-5-6-10-21(20)26-23/h4-13H,1-3H3,(H,25,26)/b19-13+. The normalized spacial score (nSPS) is 11.7. The largest absolute Gasteiger partial charge is 0.333 e. The van der Waals surface area contributed by atoms with Crippen LogP contribution >= 0.6 is 11.8 Å². The highest BCUT2D eigenvalue weighted by Gasteiger charge is 2.13. The van der Waals surface area contributed by atoms with Gasteiger partial charge in [-0.25, -0.2) is 4.98 Å². The molecule has 4 nitrogen and oxygen atoms in total. The van der Waals surface area contributed by atoms with E-state index < -0.39 is 0 Å². The monoisotopic (exact) mass is 384 g/mol. The number of nitriles is 1. The predicted molar refractivity (Wildman–Crippen MR) is 116 cm³/mol. The summed E-state index contributed by atoms with van der Waals surface area (Å²) in [6.07, 6.45) is 1.94. The van der Waals surface area contributed by atoms with Crippen molar-refractivity contribution in [3.05, 3.63) is 82.0 Å². The Labute approximate surface area is 168 Å². The third-order valence-electron chi connectivity index (χ3n) is 4.80. The van der Waals surface area contributed by atoms with E-state index in [1.54, 1.807) is 0 Å². The van der Waals surface area contributed by atoms with Crippen molar-refractivity contribution in [2.24, 2.45) is 0 Å². The number of H-pyrrole nitrogens is 1. The molecule has 0 fully saturated rings. The Morgan fingerprint density at radius 1 is 1.11 bits per heavy atom. The van der Waals surface area contributed by atoms with Gasteiger partial charge in [-0.3, -0.25) is 0 Å². The van der Waals surface area contributed by atoms with Crippen molar-refractivity contribution in [2.45, 2.75) is 25.9 Å². The average molecular weight is 385 g/mol. The summed E-state index contributed by atoms with van der Waals surface area (Å²) in [5.74, 6) is 0. The number of para-hydroxylation sites is 3. The van der Waals surface area contributed by atoms with Gasteiger partial charge in [-0.15, -0.1) is 0 Å². The van der Waals surface area contributed by atoms with E-state index in [4.69, 9.17) is 0 Å². The van der Waals surface area contributed by atoms with Crippen molar-refractivity contribution in [2.75, 3.05) is 0 Å². The second kappa shape index (κ2) is 7.41. The second-order valence-corrected chi connectivity index (χ2v) is 7.76. The van der Waals surface area contributed by atoms with Gasteiger partial charge in [-0.2, -0.15) is 5.26 Å². The number of nitrogens with one attached hydrogen (secondary N) is 1. The highest BCUT2D eigenvalue weighted by Crippen LogP contribution is 2.30.